The molecule has 1 atom stereocenters. The first-order chi connectivity index (χ1) is 16.2. The molecule has 0 aliphatic heterocycles. The minimum atomic E-state index is -0.428. The van der Waals surface area contributed by atoms with Crippen molar-refractivity contribution in [1.29, 1.82) is 0 Å². The predicted molar refractivity (Wildman–Crippen MR) is 144 cm³/mol. The molecule has 3 rings (SSSR count). The number of hydrogen-bond acceptors (Lipinski definition) is 3. The van der Waals surface area contributed by atoms with E-state index in [2.05, 4.69) is 95.4 Å². The van der Waals surface area contributed by atoms with E-state index in [-0.39, 0.29) is 5.54 Å². The van der Waals surface area contributed by atoms with Gasteiger partial charge >= 0.3 is 0 Å². The maximum absolute atomic E-state index is 6.39. The first kappa shape index (κ1) is 25.7. The molecule has 3 aromatic carbocycles. The summed E-state index contributed by atoms with van der Waals surface area (Å²) in [5.74, 6) is 2.86. The molecule has 0 saturated carbocycles. The number of anilines is 1. The highest BCUT2D eigenvalue weighted by Gasteiger charge is 2.22. The Kier molecular flexibility index (Phi) is 8.66. The summed E-state index contributed by atoms with van der Waals surface area (Å²) in [5, 5.41) is 3.66. The van der Waals surface area contributed by atoms with Crippen molar-refractivity contribution < 1.29 is 9.47 Å². The van der Waals surface area contributed by atoms with E-state index in [1.54, 1.807) is 0 Å². The van der Waals surface area contributed by atoms with Gasteiger partial charge in [0.15, 0.2) is 0 Å². The average molecular weight is 460 g/mol. The summed E-state index contributed by atoms with van der Waals surface area (Å²) in [6.07, 6.45) is 1.62. The topological polar surface area (TPSA) is 30.5 Å². The van der Waals surface area contributed by atoms with Crippen molar-refractivity contribution in [3.63, 3.8) is 0 Å². The second-order valence-electron chi connectivity index (χ2n) is 10.5. The SMILES string of the molecule is CC(C)Cc1cccc(OC(C)Oc2ccccc2NC(C)(C)c2ccccc2)c1CC(C)C. The summed E-state index contributed by atoms with van der Waals surface area (Å²) in [4.78, 5) is 0. The molecule has 1 unspecified atom stereocenters. The van der Waals surface area contributed by atoms with Crippen molar-refractivity contribution in [3.8, 4) is 11.5 Å². The quantitative estimate of drug-likeness (QED) is 0.293. The molecule has 182 valence electrons. The van der Waals surface area contributed by atoms with E-state index < -0.39 is 6.29 Å². The third kappa shape index (κ3) is 7.03. The van der Waals surface area contributed by atoms with Crippen LogP contribution in [0.2, 0.25) is 0 Å². The van der Waals surface area contributed by atoms with E-state index in [1.165, 1.54) is 16.7 Å². The van der Waals surface area contributed by atoms with Gasteiger partial charge in [0.05, 0.1) is 11.2 Å². The molecule has 0 radical (unpaired) electrons. The summed E-state index contributed by atoms with van der Waals surface area (Å²) < 4.78 is 12.7. The first-order valence-electron chi connectivity index (χ1n) is 12.5. The highest BCUT2D eigenvalue weighted by molar-refractivity contribution is 5.58. The maximum atomic E-state index is 6.39. The first-order valence-corrected chi connectivity index (χ1v) is 12.5. The van der Waals surface area contributed by atoms with Gasteiger partial charge < -0.3 is 14.8 Å². The molecule has 0 bridgehead atoms. The molecule has 3 heteroatoms. The number of hydrogen-bond donors (Lipinski definition) is 1. The lowest BCUT2D eigenvalue weighted by atomic mass is 9.92. The molecule has 0 fully saturated rings. The lowest BCUT2D eigenvalue weighted by molar-refractivity contribution is 0.0218. The van der Waals surface area contributed by atoms with E-state index in [4.69, 9.17) is 9.47 Å². The van der Waals surface area contributed by atoms with Gasteiger partial charge in [0.25, 0.3) is 0 Å². The molecule has 3 aromatic rings. The van der Waals surface area contributed by atoms with Crippen molar-refractivity contribution in [2.45, 2.75) is 73.1 Å². The van der Waals surface area contributed by atoms with Crippen LogP contribution in [0.1, 0.15) is 65.2 Å². The third-order valence-electron chi connectivity index (χ3n) is 5.89. The molecular formula is C31H41NO2. The van der Waals surface area contributed by atoms with Gasteiger partial charge in [-0.15, -0.1) is 0 Å². The number of ether oxygens (including phenoxy) is 2. The Morgan fingerprint density at radius 1 is 0.676 bits per heavy atom. The monoisotopic (exact) mass is 459 g/mol. The minimum absolute atomic E-state index is 0.250. The van der Waals surface area contributed by atoms with Crippen LogP contribution in [0.15, 0.2) is 72.8 Å². The fourth-order valence-electron chi connectivity index (χ4n) is 4.31. The Morgan fingerprint density at radius 3 is 1.94 bits per heavy atom. The van der Waals surface area contributed by atoms with Gasteiger partial charge in [0.2, 0.25) is 6.29 Å². The average Bonchev–Trinajstić information content (AvgIpc) is 2.77. The number of benzene rings is 3. The van der Waals surface area contributed by atoms with Crippen LogP contribution in [0.5, 0.6) is 11.5 Å². The van der Waals surface area contributed by atoms with E-state index in [1.807, 2.05) is 31.2 Å². The predicted octanol–water partition coefficient (Wildman–Crippen LogP) is 8.23. The van der Waals surface area contributed by atoms with Gasteiger partial charge in [0, 0.05) is 6.92 Å². The van der Waals surface area contributed by atoms with Gasteiger partial charge in [-0.25, -0.2) is 0 Å². The van der Waals surface area contributed by atoms with Crippen LogP contribution >= 0.6 is 0 Å². The largest absolute Gasteiger partial charge is 0.455 e. The van der Waals surface area contributed by atoms with Crippen LogP contribution in [0.4, 0.5) is 5.69 Å². The van der Waals surface area contributed by atoms with Crippen LogP contribution < -0.4 is 14.8 Å². The molecule has 3 nitrogen and oxygen atoms in total. The van der Waals surface area contributed by atoms with Crippen molar-refractivity contribution in [3.05, 3.63) is 89.5 Å². The number of para-hydroxylation sites is 2. The highest BCUT2D eigenvalue weighted by Crippen LogP contribution is 2.33. The maximum Gasteiger partial charge on any atom is 0.238 e. The molecule has 34 heavy (non-hydrogen) atoms. The summed E-state index contributed by atoms with van der Waals surface area (Å²) in [6, 6.07) is 24.9. The molecule has 0 saturated heterocycles. The summed E-state index contributed by atoms with van der Waals surface area (Å²) in [7, 11) is 0. The van der Waals surface area contributed by atoms with Crippen LogP contribution in [-0.4, -0.2) is 6.29 Å². The number of rotatable bonds is 11. The Balaban J connectivity index is 1.79. The smallest absolute Gasteiger partial charge is 0.238 e. The molecule has 0 aliphatic rings. The Morgan fingerprint density at radius 2 is 1.26 bits per heavy atom. The Hall–Kier alpha value is -2.94. The lowest BCUT2D eigenvalue weighted by Crippen LogP contribution is -2.29. The van der Waals surface area contributed by atoms with Gasteiger partial charge in [0.1, 0.15) is 11.5 Å². The molecule has 0 spiro atoms. The summed E-state index contributed by atoms with van der Waals surface area (Å²) in [5.41, 5.74) is 4.59. The fraction of sp³-hybridized carbons (Fsp3) is 0.419. The van der Waals surface area contributed by atoms with Gasteiger partial charge in [-0.1, -0.05) is 82.3 Å². The van der Waals surface area contributed by atoms with Crippen molar-refractivity contribution in [1.82, 2.24) is 0 Å². The zero-order valence-electron chi connectivity index (χ0n) is 21.9. The van der Waals surface area contributed by atoms with Crippen molar-refractivity contribution >= 4 is 5.69 Å². The molecule has 0 heterocycles. The van der Waals surface area contributed by atoms with Crippen LogP contribution in [0.25, 0.3) is 0 Å². The van der Waals surface area contributed by atoms with E-state index in [0.717, 1.165) is 30.0 Å². The highest BCUT2D eigenvalue weighted by atomic mass is 16.7. The molecule has 1 N–H and O–H groups in total. The van der Waals surface area contributed by atoms with Gasteiger partial charge in [-0.3, -0.25) is 0 Å². The van der Waals surface area contributed by atoms with E-state index in [9.17, 15) is 0 Å². The van der Waals surface area contributed by atoms with Crippen LogP contribution in [0.3, 0.4) is 0 Å². The lowest BCUT2D eigenvalue weighted by Gasteiger charge is -2.30. The Labute approximate surface area is 206 Å². The van der Waals surface area contributed by atoms with Crippen LogP contribution in [0, 0.1) is 11.8 Å². The minimum Gasteiger partial charge on any atom is -0.455 e. The van der Waals surface area contributed by atoms with E-state index >= 15 is 0 Å². The fourth-order valence-corrected chi connectivity index (χ4v) is 4.31. The summed E-state index contributed by atoms with van der Waals surface area (Å²) in [6.45, 7) is 15.4. The molecule has 0 aromatic heterocycles. The standard InChI is InChI=1S/C31H41NO2/c1-22(2)20-25-14-13-19-29(27(25)21-23(3)4)33-24(5)34-30-18-12-11-17-28(30)32-31(6,7)26-15-9-8-10-16-26/h8-19,22-24,32H,20-21H2,1-7H3. The second kappa shape index (κ2) is 11.5. The normalized spacial score (nSPS) is 12.6. The molecule has 0 aliphatic carbocycles. The van der Waals surface area contributed by atoms with Crippen molar-refractivity contribution in [2.75, 3.05) is 5.32 Å². The van der Waals surface area contributed by atoms with E-state index in [0.29, 0.717) is 11.8 Å². The molecular weight excluding hydrogens is 418 g/mol. The third-order valence-corrected chi connectivity index (χ3v) is 5.89. The second-order valence-corrected chi connectivity index (χ2v) is 10.5. The zero-order valence-corrected chi connectivity index (χ0v) is 21.9. The molecule has 0 amide bonds. The van der Waals surface area contributed by atoms with Crippen LogP contribution in [-0.2, 0) is 18.4 Å². The zero-order chi connectivity index (χ0) is 24.7. The Bertz CT molecular complexity index is 1040. The number of nitrogens with one attached hydrogen (secondary N) is 1. The summed E-state index contributed by atoms with van der Waals surface area (Å²) >= 11 is 0. The van der Waals surface area contributed by atoms with Crippen molar-refractivity contribution in [2.24, 2.45) is 11.8 Å². The van der Waals surface area contributed by atoms with Gasteiger partial charge in [-0.05, 0) is 73.4 Å². The van der Waals surface area contributed by atoms with Gasteiger partial charge in [-0.2, -0.15) is 0 Å².